The van der Waals surface area contributed by atoms with Crippen LogP contribution in [0, 0.1) is 0 Å². The summed E-state index contributed by atoms with van der Waals surface area (Å²) in [6.45, 7) is 3.80. The van der Waals surface area contributed by atoms with Gasteiger partial charge in [-0.05, 0) is 62.8 Å². The van der Waals surface area contributed by atoms with Crippen LogP contribution in [0.25, 0.3) is 11.3 Å². The number of anilines is 3. The Kier molecular flexibility index (Phi) is 6.87. The third-order valence-corrected chi connectivity index (χ3v) is 6.27. The molecule has 2 N–H and O–H groups in total. The smallest absolute Gasteiger partial charge is 0.335 e. The molecule has 5 rings (SSSR count). The molecule has 2 aliphatic rings. The molecule has 0 saturated carbocycles. The molecule has 0 unspecified atom stereocenters. The molecular formula is C25H29N7O3. The molecule has 4 heterocycles. The maximum atomic E-state index is 11.2. The number of nitrogens with one attached hydrogen (secondary N) is 1. The Morgan fingerprint density at radius 3 is 2.20 bits per heavy atom. The summed E-state index contributed by atoms with van der Waals surface area (Å²) in [5, 5.41) is 13.5. The average Bonchev–Trinajstić information content (AvgIpc) is 3.39. The van der Waals surface area contributed by atoms with Crippen molar-refractivity contribution in [2.75, 3.05) is 41.4 Å². The number of furan rings is 1. The second kappa shape index (κ2) is 10.5. The molecule has 0 amide bonds. The molecule has 10 heteroatoms. The van der Waals surface area contributed by atoms with E-state index in [2.05, 4.69) is 30.3 Å². The molecule has 2 aromatic heterocycles. The number of hydrogen-bond acceptors (Lipinski definition) is 9. The first kappa shape index (κ1) is 22.8. The summed E-state index contributed by atoms with van der Waals surface area (Å²) in [5.41, 5.74) is 3.84. The van der Waals surface area contributed by atoms with E-state index in [1.807, 2.05) is 0 Å². The normalized spacial score (nSPS) is 16.6. The van der Waals surface area contributed by atoms with E-state index in [0.717, 1.165) is 51.9 Å². The molecular weight excluding hydrogens is 446 g/mol. The molecule has 0 radical (unpaired) electrons. The number of rotatable bonds is 7. The summed E-state index contributed by atoms with van der Waals surface area (Å²) in [7, 11) is 0. The zero-order valence-electron chi connectivity index (χ0n) is 19.6. The number of carbonyl (C=O) groups is 1. The third-order valence-electron chi connectivity index (χ3n) is 6.27. The highest BCUT2D eigenvalue weighted by Crippen LogP contribution is 2.24. The minimum atomic E-state index is -0.977. The van der Waals surface area contributed by atoms with Crippen LogP contribution in [0.3, 0.4) is 0 Å². The quantitative estimate of drug-likeness (QED) is 0.381. The van der Waals surface area contributed by atoms with Crippen molar-refractivity contribution in [3.05, 3.63) is 47.7 Å². The average molecular weight is 476 g/mol. The second-order valence-corrected chi connectivity index (χ2v) is 8.81. The molecule has 35 heavy (non-hydrogen) atoms. The molecule has 0 atom stereocenters. The predicted octanol–water partition coefficient (Wildman–Crippen LogP) is 4.26. The van der Waals surface area contributed by atoms with Gasteiger partial charge in [-0.1, -0.05) is 12.1 Å². The van der Waals surface area contributed by atoms with E-state index in [4.69, 9.17) is 9.40 Å². The monoisotopic (exact) mass is 475 g/mol. The third kappa shape index (κ3) is 5.59. The van der Waals surface area contributed by atoms with Crippen LogP contribution in [0.15, 0.2) is 45.9 Å². The van der Waals surface area contributed by atoms with Gasteiger partial charge in [-0.15, -0.1) is 0 Å². The molecule has 1 aromatic carbocycles. The summed E-state index contributed by atoms with van der Waals surface area (Å²) in [6.07, 6.45) is 8.59. The number of aromatic carboxylic acids is 1. The fourth-order valence-corrected chi connectivity index (χ4v) is 4.41. The number of piperidine rings is 2. The lowest BCUT2D eigenvalue weighted by Gasteiger charge is -2.30. The summed E-state index contributed by atoms with van der Waals surface area (Å²) in [6, 6.07) is 10.2. The molecule has 0 spiro atoms. The minimum Gasteiger partial charge on any atom is -0.478 e. The lowest BCUT2D eigenvalue weighted by atomic mass is 10.1. The number of hydrogen-bond donors (Lipinski definition) is 2. The van der Waals surface area contributed by atoms with Gasteiger partial charge in [0.2, 0.25) is 17.8 Å². The van der Waals surface area contributed by atoms with Crippen LogP contribution in [0.2, 0.25) is 0 Å². The fraction of sp³-hybridized carbons (Fsp3) is 0.400. The van der Waals surface area contributed by atoms with Gasteiger partial charge in [-0.3, -0.25) is 0 Å². The van der Waals surface area contributed by atoms with Crippen molar-refractivity contribution in [2.24, 2.45) is 5.10 Å². The van der Waals surface area contributed by atoms with Gasteiger partial charge < -0.3 is 19.3 Å². The van der Waals surface area contributed by atoms with Crippen molar-refractivity contribution in [1.82, 2.24) is 15.0 Å². The molecule has 3 aromatic rings. The van der Waals surface area contributed by atoms with Crippen molar-refractivity contribution in [3.8, 4) is 11.3 Å². The summed E-state index contributed by atoms with van der Waals surface area (Å²) in [5.74, 6) is 1.89. The first-order valence-corrected chi connectivity index (χ1v) is 12.1. The number of aromatic nitrogens is 3. The SMILES string of the molecule is O=C(O)c1cccc(-c2ccc(/C=N/Nc3nc(N4CCCCC4)nc(N4CCCCC4)n3)o2)c1. The Morgan fingerprint density at radius 2 is 1.57 bits per heavy atom. The van der Waals surface area contributed by atoms with Crippen molar-refractivity contribution < 1.29 is 14.3 Å². The predicted molar refractivity (Wildman–Crippen MR) is 134 cm³/mol. The van der Waals surface area contributed by atoms with Gasteiger partial charge in [0.15, 0.2) is 0 Å². The Bertz CT molecular complexity index is 1160. The highest BCUT2D eigenvalue weighted by Gasteiger charge is 2.20. The van der Waals surface area contributed by atoms with Crippen molar-refractivity contribution in [3.63, 3.8) is 0 Å². The highest BCUT2D eigenvalue weighted by molar-refractivity contribution is 5.89. The fourth-order valence-electron chi connectivity index (χ4n) is 4.41. The minimum absolute atomic E-state index is 0.208. The largest absolute Gasteiger partial charge is 0.478 e. The van der Waals surface area contributed by atoms with Gasteiger partial charge in [0, 0.05) is 31.7 Å². The number of carboxylic acid groups (broad SMARTS) is 1. The summed E-state index contributed by atoms with van der Waals surface area (Å²) >= 11 is 0. The maximum absolute atomic E-state index is 11.2. The topological polar surface area (TPSA) is 120 Å². The zero-order chi connectivity index (χ0) is 24.0. The molecule has 0 aliphatic carbocycles. The number of carboxylic acids is 1. The summed E-state index contributed by atoms with van der Waals surface area (Å²) in [4.78, 5) is 29.7. The van der Waals surface area contributed by atoms with Gasteiger partial charge >= 0.3 is 5.97 Å². The first-order valence-electron chi connectivity index (χ1n) is 12.1. The van der Waals surface area contributed by atoms with Crippen LogP contribution >= 0.6 is 0 Å². The van der Waals surface area contributed by atoms with Gasteiger partial charge in [-0.25, -0.2) is 10.2 Å². The van der Waals surface area contributed by atoms with Gasteiger partial charge in [-0.2, -0.15) is 20.1 Å². The Morgan fingerprint density at radius 1 is 0.914 bits per heavy atom. The highest BCUT2D eigenvalue weighted by atomic mass is 16.4. The summed E-state index contributed by atoms with van der Waals surface area (Å²) < 4.78 is 5.83. The van der Waals surface area contributed by atoms with Crippen LogP contribution in [0.5, 0.6) is 0 Å². The molecule has 182 valence electrons. The molecule has 2 aliphatic heterocycles. The van der Waals surface area contributed by atoms with Crippen LogP contribution in [-0.4, -0.2) is 58.4 Å². The molecule has 2 saturated heterocycles. The van der Waals surface area contributed by atoms with E-state index >= 15 is 0 Å². The lowest BCUT2D eigenvalue weighted by Crippen LogP contribution is -2.34. The van der Waals surface area contributed by atoms with Gasteiger partial charge in [0.1, 0.15) is 11.5 Å². The van der Waals surface area contributed by atoms with E-state index in [1.165, 1.54) is 12.8 Å². The van der Waals surface area contributed by atoms with E-state index in [1.54, 1.807) is 42.6 Å². The lowest BCUT2D eigenvalue weighted by molar-refractivity contribution is 0.0697. The number of benzene rings is 1. The van der Waals surface area contributed by atoms with Crippen molar-refractivity contribution in [2.45, 2.75) is 38.5 Å². The Balaban J connectivity index is 1.32. The standard InChI is InChI=1S/C25H29N7O3/c33-22(34)19-9-7-8-18(16-19)21-11-10-20(35-21)17-26-30-23-27-24(31-12-3-1-4-13-31)29-25(28-23)32-14-5-2-6-15-32/h7-11,16-17H,1-6,12-15H2,(H,33,34)(H,27,28,29,30)/b26-17+. The van der Waals surface area contributed by atoms with E-state index in [0.29, 0.717) is 34.9 Å². The van der Waals surface area contributed by atoms with Crippen molar-refractivity contribution >= 4 is 30.0 Å². The van der Waals surface area contributed by atoms with E-state index < -0.39 is 5.97 Å². The Labute approximate surface area is 203 Å². The van der Waals surface area contributed by atoms with E-state index in [-0.39, 0.29) is 5.56 Å². The van der Waals surface area contributed by atoms with Crippen molar-refractivity contribution in [1.29, 1.82) is 0 Å². The zero-order valence-corrected chi connectivity index (χ0v) is 19.6. The molecule has 0 bridgehead atoms. The van der Waals surface area contributed by atoms with E-state index in [9.17, 15) is 9.90 Å². The Hall–Kier alpha value is -3.95. The van der Waals surface area contributed by atoms with Gasteiger partial charge in [0.05, 0.1) is 11.8 Å². The van der Waals surface area contributed by atoms with Crippen LogP contribution < -0.4 is 15.2 Å². The van der Waals surface area contributed by atoms with Gasteiger partial charge in [0.25, 0.3) is 0 Å². The first-order chi connectivity index (χ1) is 17.2. The van der Waals surface area contributed by atoms with Crippen LogP contribution in [-0.2, 0) is 0 Å². The number of hydrazone groups is 1. The number of nitrogens with zero attached hydrogens (tertiary/aromatic N) is 6. The molecule has 2 fully saturated rings. The van der Waals surface area contributed by atoms with Crippen LogP contribution in [0.4, 0.5) is 17.8 Å². The molecule has 10 nitrogen and oxygen atoms in total. The van der Waals surface area contributed by atoms with Crippen LogP contribution in [0.1, 0.15) is 54.6 Å². The second-order valence-electron chi connectivity index (χ2n) is 8.81. The maximum Gasteiger partial charge on any atom is 0.335 e.